The molecule has 0 atom stereocenters. The van der Waals surface area contributed by atoms with Crippen molar-refractivity contribution in [2.45, 2.75) is 58.4 Å². The SMILES string of the molecule is COC(=O)c1ccc(COc2ccccc2CN2CCC(NC(=O)CNC(=O)OC(C)(C)C)CC2)cc1. The van der Waals surface area contributed by atoms with E-state index in [1.54, 1.807) is 32.9 Å². The van der Waals surface area contributed by atoms with Gasteiger partial charge in [-0.25, -0.2) is 9.59 Å². The number of piperidine rings is 1. The maximum Gasteiger partial charge on any atom is 0.408 e. The number of esters is 1. The van der Waals surface area contributed by atoms with Crippen molar-refractivity contribution in [1.29, 1.82) is 0 Å². The van der Waals surface area contributed by atoms with E-state index in [1.807, 2.05) is 30.3 Å². The second kappa shape index (κ2) is 13.1. The van der Waals surface area contributed by atoms with E-state index in [2.05, 4.69) is 21.6 Å². The minimum absolute atomic E-state index is 0.0728. The molecule has 0 unspecified atom stereocenters. The van der Waals surface area contributed by atoms with E-state index < -0.39 is 11.7 Å². The molecule has 0 radical (unpaired) electrons. The van der Waals surface area contributed by atoms with Crippen molar-refractivity contribution in [1.82, 2.24) is 15.5 Å². The van der Waals surface area contributed by atoms with Crippen LogP contribution in [0.2, 0.25) is 0 Å². The highest BCUT2D eigenvalue weighted by molar-refractivity contribution is 5.89. The fraction of sp³-hybridized carbons (Fsp3) is 0.464. The number of carbonyl (C=O) groups excluding carboxylic acids is 3. The summed E-state index contributed by atoms with van der Waals surface area (Å²) in [5.74, 6) is 0.240. The van der Waals surface area contributed by atoms with Crippen LogP contribution >= 0.6 is 0 Å². The number of likely N-dealkylation sites (tertiary alicyclic amines) is 1. The van der Waals surface area contributed by atoms with Crippen molar-refractivity contribution in [2.24, 2.45) is 0 Å². The number of alkyl carbamates (subject to hydrolysis) is 1. The van der Waals surface area contributed by atoms with E-state index >= 15 is 0 Å². The van der Waals surface area contributed by atoms with Crippen LogP contribution in [0.1, 0.15) is 55.1 Å². The van der Waals surface area contributed by atoms with Crippen molar-refractivity contribution in [2.75, 3.05) is 26.7 Å². The van der Waals surface area contributed by atoms with Gasteiger partial charge in [0.25, 0.3) is 0 Å². The van der Waals surface area contributed by atoms with Crippen LogP contribution in [0.25, 0.3) is 0 Å². The Morgan fingerprint density at radius 1 is 1.00 bits per heavy atom. The molecule has 1 aliphatic rings. The predicted octanol–water partition coefficient (Wildman–Crippen LogP) is 3.66. The van der Waals surface area contributed by atoms with Gasteiger partial charge in [-0.1, -0.05) is 30.3 Å². The van der Waals surface area contributed by atoms with Crippen molar-refractivity contribution in [3.63, 3.8) is 0 Å². The molecule has 2 aromatic rings. The Bertz CT molecular complexity index is 1060. The zero-order valence-electron chi connectivity index (χ0n) is 22.0. The van der Waals surface area contributed by atoms with Crippen molar-refractivity contribution < 1.29 is 28.6 Å². The average molecular weight is 512 g/mol. The van der Waals surface area contributed by atoms with Gasteiger partial charge in [0.1, 0.15) is 24.5 Å². The summed E-state index contributed by atoms with van der Waals surface area (Å²) in [7, 11) is 1.36. The Hall–Kier alpha value is -3.59. The van der Waals surface area contributed by atoms with Crippen molar-refractivity contribution >= 4 is 18.0 Å². The summed E-state index contributed by atoms with van der Waals surface area (Å²) >= 11 is 0. The largest absolute Gasteiger partial charge is 0.489 e. The van der Waals surface area contributed by atoms with Crippen LogP contribution in [-0.4, -0.2) is 61.3 Å². The van der Waals surface area contributed by atoms with Crippen LogP contribution in [0.4, 0.5) is 4.79 Å². The summed E-state index contributed by atoms with van der Waals surface area (Å²) in [6, 6.07) is 15.2. The molecule has 2 aromatic carbocycles. The predicted molar refractivity (Wildman–Crippen MR) is 139 cm³/mol. The maximum absolute atomic E-state index is 12.2. The first kappa shape index (κ1) is 28.0. The molecule has 0 bridgehead atoms. The van der Waals surface area contributed by atoms with Crippen LogP contribution in [0, 0.1) is 0 Å². The molecule has 0 saturated carbocycles. The lowest BCUT2D eigenvalue weighted by Crippen LogP contribution is -2.47. The number of ether oxygens (including phenoxy) is 3. The van der Waals surface area contributed by atoms with Gasteiger partial charge in [0.15, 0.2) is 0 Å². The van der Waals surface area contributed by atoms with Crippen LogP contribution in [0.15, 0.2) is 48.5 Å². The van der Waals surface area contributed by atoms with E-state index in [1.165, 1.54) is 7.11 Å². The molecule has 1 saturated heterocycles. The van der Waals surface area contributed by atoms with Gasteiger partial charge < -0.3 is 24.8 Å². The van der Waals surface area contributed by atoms with Gasteiger partial charge in [-0.05, 0) is 57.4 Å². The third kappa shape index (κ3) is 9.42. The van der Waals surface area contributed by atoms with Gasteiger partial charge in [-0.2, -0.15) is 0 Å². The number of benzene rings is 2. The molecule has 3 rings (SSSR count). The van der Waals surface area contributed by atoms with Gasteiger partial charge in [0, 0.05) is 31.2 Å². The summed E-state index contributed by atoms with van der Waals surface area (Å²) in [4.78, 5) is 37.9. The summed E-state index contributed by atoms with van der Waals surface area (Å²) in [5.41, 5.74) is 1.96. The standard InChI is InChI=1S/C28H37N3O6/c1-28(2,3)37-27(34)29-17-25(32)30-23-13-15-31(16-14-23)18-22-7-5-6-8-24(22)36-19-20-9-11-21(12-10-20)26(33)35-4/h5-12,23H,13-19H2,1-4H3,(H,29,34)(H,30,32). The van der Waals surface area contributed by atoms with E-state index in [0.29, 0.717) is 12.2 Å². The average Bonchev–Trinajstić information content (AvgIpc) is 2.87. The lowest BCUT2D eigenvalue weighted by atomic mass is 10.0. The molecule has 9 nitrogen and oxygen atoms in total. The summed E-state index contributed by atoms with van der Waals surface area (Å²) in [6.07, 6.45) is 1.05. The quantitative estimate of drug-likeness (QED) is 0.495. The minimum Gasteiger partial charge on any atom is -0.489 e. The Morgan fingerprint density at radius 2 is 1.68 bits per heavy atom. The first-order valence-electron chi connectivity index (χ1n) is 12.5. The molecule has 0 aromatic heterocycles. The third-order valence-corrected chi connectivity index (χ3v) is 5.88. The van der Waals surface area contributed by atoms with E-state index in [0.717, 1.165) is 49.4 Å². The smallest absolute Gasteiger partial charge is 0.408 e. The Kier molecular flexibility index (Phi) is 9.91. The molecule has 2 amide bonds. The maximum atomic E-state index is 12.2. The topological polar surface area (TPSA) is 106 Å². The molecule has 1 heterocycles. The molecule has 200 valence electrons. The number of hydrogen-bond acceptors (Lipinski definition) is 7. The summed E-state index contributed by atoms with van der Waals surface area (Å²) < 4.78 is 16.0. The first-order valence-corrected chi connectivity index (χ1v) is 12.5. The molecule has 2 N–H and O–H groups in total. The number of nitrogens with zero attached hydrogens (tertiary/aromatic N) is 1. The number of nitrogens with one attached hydrogen (secondary N) is 2. The molecule has 1 fully saturated rings. The number of hydrogen-bond donors (Lipinski definition) is 2. The molecule has 1 aliphatic heterocycles. The lowest BCUT2D eigenvalue weighted by Gasteiger charge is -2.32. The van der Waals surface area contributed by atoms with E-state index in [-0.39, 0.29) is 24.5 Å². The van der Waals surface area contributed by atoms with E-state index in [9.17, 15) is 14.4 Å². The van der Waals surface area contributed by atoms with Crippen molar-refractivity contribution in [3.8, 4) is 5.75 Å². The molecule has 37 heavy (non-hydrogen) atoms. The number of rotatable bonds is 9. The Labute approximate surface area is 218 Å². The van der Waals surface area contributed by atoms with Gasteiger partial charge in [-0.3, -0.25) is 9.69 Å². The van der Waals surface area contributed by atoms with Crippen molar-refractivity contribution in [3.05, 3.63) is 65.2 Å². The fourth-order valence-electron chi connectivity index (χ4n) is 4.01. The van der Waals surface area contributed by atoms with E-state index in [4.69, 9.17) is 14.2 Å². The Balaban J connectivity index is 1.43. The second-order valence-corrected chi connectivity index (χ2v) is 10.1. The zero-order valence-corrected chi connectivity index (χ0v) is 22.0. The van der Waals surface area contributed by atoms with Crippen LogP contribution in [0.5, 0.6) is 5.75 Å². The molecular formula is C28H37N3O6. The molecule has 0 aliphatic carbocycles. The first-order chi connectivity index (χ1) is 17.6. The summed E-state index contributed by atoms with van der Waals surface area (Å²) in [5, 5.41) is 5.49. The number of amides is 2. The minimum atomic E-state index is -0.603. The van der Waals surface area contributed by atoms with Gasteiger partial charge in [0.05, 0.1) is 12.7 Å². The van der Waals surface area contributed by atoms with Gasteiger partial charge in [0.2, 0.25) is 5.91 Å². The normalized spacial score (nSPS) is 14.5. The number of carbonyl (C=O) groups is 3. The second-order valence-electron chi connectivity index (χ2n) is 10.1. The highest BCUT2D eigenvalue weighted by Gasteiger charge is 2.22. The lowest BCUT2D eigenvalue weighted by molar-refractivity contribution is -0.121. The zero-order chi connectivity index (χ0) is 26.8. The highest BCUT2D eigenvalue weighted by Crippen LogP contribution is 2.23. The molecule has 9 heteroatoms. The fourth-order valence-corrected chi connectivity index (χ4v) is 4.01. The highest BCUT2D eigenvalue weighted by atomic mass is 16.6. The number of methoxy groups -OCH3 is 1. The number of para-hydroxylation sites is 1. The molecular weight excluding hydrogens is 474 g/mol. The van der Waals surface area contributed by atoms with Crippen LogP contribution in [0.3, 0.4) is 0 Å². The Morgan fingerprint density at radius 3 is 2.32 bits per heavy atom. The monoisotopic (exact) mass is 511 g/mol. The summed E-state index contributed by atoms with van der Waals surface area (Å²) in [6.45, 7) is 8.04. The third-order valence-electron chi connectivity index (χ3n) is 5.88. The molecule has 0 spiro atoms. The van der Waals surface area contributed by atoms with Gasteiger partial charge >= 0.3 is 12.1 Å². The van der Waals surface area contributed by atoms with Crippen LogP contribution in [-0.2, 0) is 27.4 Å². The van der Waals surface area contributed by atoms with Gasteiger partial charge in [-0.15, -0.1) is 0 Å². The van der Waals surface area contributed by atoms with Crippen LogP contribution < -0.4 is 15.4 Å².